The van der Waals surface area contributed by atoms with Crippen molar-refractivity contribution in [3.8, 4) is 11.9 Å². The number of ether oxygens (including phenoxy) is 1. The molecule has 28 heavy (non-hydrogen) atoms. The zero-order valence-corrected chi connectivity index (χ0v) is 15.9. The molecule has 0 saturated carbocycles. The highest BCUT2D eigenvalue weighted by molar-refractivity contribution is 6.30. The third kappa shape index (κ3) is 4.48. The first kappa shape index (κ1) is 19.4. The Morgan fingerprint density at radius 1 is 1.32 bits per heavy atom. The lowest BCUT2D eigenvalue weighted by atomic mass is 10.1. The van der Waals surface area contributed by atoms with Gasteiger partial charge in [0.2, 0.25) is 0 Å². The number of anilines is 1. The number of nitrogens with zero attached hydrogens (tertiary/aromatic N) is 3. The monoisotopic (exact) mass is 395 g/mol. The van der Waals surface area contributed by atoms with E-state index in [4.69, 9.17) is 16.3 Å². The van der Waals surface area contributed by atoms with Crippen LogP contribution >= 0.6 is 11.6 Å². The van der Waals surface area contributed by atoms with Crippen molar-refractivity contribution in [3.05, 3.63) is 80.9 Å². The number of H-pyrrole nitrogens is 1. The SMILES string of the molecule is CCC(Oc1n[nH]c(=O)c(C#N)c1NCc1cccnc1)c1ccc(Cl)cc1. The molecule has 7 nitrogen and oxygen atoms in total. The van der Waals surface area contributed by atoms with E-state index in [1.54, 1.807) is 24.5 Å². The summed E-state index contributed by atoms with van der Waals surface area (Å²) in [4.78, 5) is 16.1. The van der Waals surface area contributed by atoms with E-state index in [-0.39, 0.29) is 23.2 Å². The number of hydrogen-bond donors (Lipinski definition) is 2. The summed E-state index contributed by atoms with van der Waals surface area (Å²) >= 11 is 5.96. The number of benzene rings is 1. The molecule has 2 heterocycles. The van der Waals surface area contributed by atoms with Crippen molar-refractivity contribution in [2.75, 3.05) is 5.32 Å². The Labute approximate surface area is 167 Å². The molecule has 1 atom stereocenters. The molecule has 2 N–H and O–H groups in total. The van der Waals surface area contributed by atoms with Crippen LogP contribution in [0.25, 0.3) is 0 Å². The summed E-state index contributed by atoms with van der Waals surface area (Å²) in [5.74, 6) is 0.154. The molecule has 1 aromatic carbocycles. The van der Waals surface area contributed by atoms with Crippen molar-refractivity contribution in [3.63, 3.8) is 0 Å². The van der Waals surface area contributed by atoms with Crippen molar-refractivity contribution in [2.24, 2.45) is 0 Å². The molecule has 0 saturated heterocycles. The van der Waals surface area contributed by atoms with Gasteiger partial charge in [-0.2, -0.15) is 5.26 Å². The molecule has 0 amide bonds. The van der Waals surface area contributed by atoms with Crippen LogP contribution in [0, 0.1) is 11.3 Å². The Hall–Kier alpha value is -3.37. The third-order valence-electron chi connectivity index (χ3n) is 4.12. The highest BCUT2D eigenvalue weighted by atomic mass is 35.5. The number of hydrogen-bond acceptors (Lipinski definition) is 6. The summed E-state index contributed by atoms with van der Waals surface area (Å²) < 4.78 is 6.05. The molecule has 8 heteroatoms. The Kier molecular flexibility index (Phi) is 6.25. The minimum atomic E-state index is -0.580. The van der Waals surface area contributed by atoms with Crippen LogP contribution in [0.15, 0.2) is 53.6 Å². The van der Waals surface area contributed by atoms with Crippen LogP contribution in [0.3, 0.4) is 0 Å². The molecule has 0 fully saturated rings. The summed E-state index contributed by atoms with van der Waals surface area (Å²) in [7, 11) is 0. The van der Waals surface area contributed by atoms with Crippen LogP contribution in [-0.2, 0) is 6.54 Å². The van der Waals surface area contributed by atoms with Crippen molar-refractivity contribution in [2.45, 2.75) is 26.0 Å². The molecule has 1 unspecified atom stereocenters. The maximum Gasteiger partial charge on any atom is 0.284 e. The molecule has 0 aliphatic rings. The van der Waals surface area contributed by atoms with Gasteiger partial charge in [-0.15, -0.1) is 5.10 Å². The first-order valence-electron chi connectivity index (χ1n) is 8.70. The van der Waals surface area contributed by atoms with Crippen molar-refractivity contribution in [1.29, 1.82) is 5.26 Å². The number of nitriles is 1. The van der Waals surface area contributed by atoms with E-state index in [9.17, 15) is 10.1 Å². The van der Waals surface area contributed by atoms with Crippen molar-refractivity contribution >= 4 is 17.3 Å². The van der Waals surface area contributed by atoms with Crippen LogP contribution in [0.1, 0.15) is 36.1 Å². The first-order valence-corrected chi connectivity index (χ1v) is 9.07. The molecule has 142 valence electrons. The second-order valence-corrected chi connectivity index (χ2v) is 6.44. The molecule has 3 rings (SSSR count). The van der Waals surface area contributed by atoms with E-state index in [1.807, 2.05) is 37.3 Å². The topological polar surface area (TPSA) is 104 Å². The van der Waals surface area contributed by atoms with Gasteiger partial charge in [-0.3, -0.25) is 9.78 Å². The lowest BCUT2D eigenvalue weighted by Gasteiger charge is -2.20. The molecular weight excluding hydrogens is 378 g/mol. The van der Waals surface area contributed by atoms with Gasteiger partial charge in [0.25, 0.3) is 11.4 Å². The van der Waals surface area contributed by atoms with Gasteiger partial charge >= 0.3 is 0 Å². The Balaban J connectivity index is 1.92. The van der Waals surface area contributed by atoms with Crippen LogP contribution in [0.2, 0.25) is 5.02 Å². The average Bonchev–Trinajstić information content (AvgIpc) is 2.73. The van der Waals surface area contributed by atoms with E-state index in [2.05, 4.69) is 20.5 Å². The van der Waals surface area contributed by atoms with Gasteiger partial charge in [-0.1, -0.05) is 36.7 Å². The van der Waals surface area contributed by atoms with Crippen LogP contribution < -0.4 is 15.6 Å². The number of nitrogens with one attached hydrogen (secondary N) is 2. The molecule has 0 spiro atoms. The minimum Gasteiger partial charge on any atom is -0.467 e. The molecular formula is C20H18ClN5O2. The Bertz CT molecular complexity index is 1030. The predicted octanol–water partition coefficient (Wildman–Crippen LogP) is 3.83. The standard InChI is InChI=1S/C20H18ClN5O2/c1-2-17(14-5-7-15(21)8-6-14)28-20-18(16(10-22)19(27)25-26-20)24-12-13-4-3-9-23-11-13/h3-9,11,17H,2,12H2,1H3,(H2,24,25,27). The lowest BCUT2D eigenvalue weighted by molar-refractivity contribution is 0.191. The second-order valence-electron chi connectivity index (χ2n) is 6.00. The smallest absolute Gasteiger partial charge is 0.284 e. The van der Waals surface area contributed by atoms with Gasteiger partial charge in [0.1, 0.15) is 23.4 Å². The number of aromatic nitrogens is 3. The van der Waals surface area contributed by atoms with E-state index >= 15 is 0 Å². The lowest BCUT2D eigenvalue weighted by Crippen LogP contribution is -2.19. The predicted molar refractivity (Wildman–Crippen MR) is 106 cm³/mol. The fourth-order valence-corrected chi connectivity index (χ4v) is 2.81. The van der Waals surface area contributed by atoms with E-state index in [0.717, 1.165) is 11.1 Å². The van der Waals surface area contributed by atoms with Gasteiger partial charge in [0.05, 0.1) is 0 Å². The normalized spacial score (nSPS) is 11.5. The maximum absolute atomic E-state index is 12.0. The van der Waals surface area contributed by atoms with E-state index < -0.39 is 5.56 Å². The molecule has 0 radical (unpaired) electrons. The summed E-state index contributed by atoms with van der Waals surface area (Å²) in [5.41, 5.74) is 1.39. The summed E-state index contributed by atoms with van der Waals surface area (Å²) in [6.45, 7) is 2.33. The van der Waals surface area contributed by atoms with Gasteiger partial charge in [-0.25, -0.2) is 5.10 Å². The average molecular weight is 396 g/mol. The Morgan fingerprint density at radius 3 is 2.75 bits per heavy atom. The van der Waals surface area contributed by atoms with Gasteiger partial charge in [0.15, 0.2) is 0 Å². The molecule has 0 aliphatic heterocycles. The van der Waals surface area contributed by atoms with Crippen molar-refractivity contribution in [1.82, 2.24) is 15.2 Å². The molecule has 2 aromatic heterocycles. The highest BCUT2D eigenvalue weighted by Gasteiger charge is 2.20. The van der Waals surface area contributed by atoms with Gasteiger partial charge < -0.3 is 10.1 Å². The number of rotatable bonds is 7. The fraction of sp³-hybridized carbons (Fsp3) is 0.200. The Morgan fingerprint density at radius 2 is 2.11 bits per heavy atom. The van der Waals surface area contributed by atoms with Crippen LogP contribution in [0.4, 0.5) is 5.69 Å². The zero-order chi connectivity index (χ0) is 19.9. The largest absolute Gasteiger partial charge is 0.467 e. The maximum atomic E-state index is 12.0. The highest BCUT2D eigenvalue weighted by Crippen LogP contribution is 2.30. The van der Waals surface area contributed by atoms with Crippen molar-refractivity contribution < 1.29 is 4.74 Å². The fourth-order valence-electron chi connectivity index (χ4n) is 2.68. The van der Waals surface area contributed by atoms with Crippen LogP contribution in [-0.4, -0.2) is 15.2 Å². The zero-order valence-electron chi connectivity index (χ0n) is 15.1. The number of halogens is 1. The number of pyridine rings is 1. The molecule has 3 aromatic rings. The molecule has 0 aliphatic carbocycles. The van der Waals surface area contributed by atoms with E-state index in [1.165, 1.54) is 0 Å². The second kappa shape index (κ2) is 9.02. The number of aromatic amines is 1. The van der Waals surface area contributed by atoms with Crippen LogP contribution in [0.5, 0.6) is 5.88 Å². The first-order chi connectivity index (χ1) is 13.6. The summed E-state index contributed by atoms with van der Waals surface area (Å²) in [5, 5.41) is 19.5. The summed E-state index contributed by atoms with van der Waals surface area (Å²) in [6, 6.07) is 12.9. The third-order valence-corrected chi connectivity index (χ3v) is 4.37. The van der Waals surface area contributed by atoms with Gasteiger partial charge in [-0.05, 0) is 35.7 Å². The summed E-state index contributed by atoms with van der Waals surface area (Å²) in [6.07, 6.45) is 3.71. The quantitative estimate of drug-likeness (QED) is 0.630. The molecule has 0 bridgehead atoms. The minimum absolute atomic E-state index is 0.0835. The van der Waals surface area contributed by atoms with E-state index in [0.29, 0.717) is 18.0 Å². The van der Waals surface area contributed by atoms with Gasteiger partial charge in [0, 0.05) is 24.0 Å².